The predicted molar refractivity (Wildman–Crippen MR) is 119 cm³/mol. The first-order valence-corrected chi connectivity index (χ1v) is 11.0. The first-order valence-electron chi connectivity index (χ1n) is 9.77. The average molecular weight is 406 g/mol. The average Bonchev–Trinajstić information content (AvgIpc) is 2.70. The maximum absolute atomic E-state index is 13.2. The molecular formula is C23H23N3O2S. The van der Waals surface area contributed by atoms with Crippen molar-refractivity contribution in [2.45, 2.75) is 26.7 Å². The van der Waals surface area contributed by atoms with Gasteiger partial charge in [0.2, 0.25) is 11.7 Å². The van der Waals surface area contributed by atoms with Crippen LogP contribution in [-0.4, -0.2) is 34.5 Å². The number of amides is 1. The molecule has 6 heteroatoms. The molecule has 0 saturated carbocycles. The molecule has 1 aromatic carbocycles. The number of carbonyl (C=O) groups is 2. The zero-order chi connectivity index (χ0) is 20.5. The molecule has 29 heavy (non-hydrogen) atoms. The maximum Gasteiger partial charge on any atom is 0.220 e. The fraction of sp³-hybridized carbons (Fsp3) is 0.304. The number of para-hydroxylation sites is 1. The molecule has 0 saturated heterocycles. The molecule has 4 rings (SSSR count). The molecule has 1 N–H and O–H groups in total. The lowest BCUT2D eigenvalue weighted by Gasteiger charge is -2.22. The van der Waals surface area contributed by atoms with Crippen LogP contribution in [0.1, 0.15) is 42.9 Å². The van der Waals surface area contributed by atoms with Crippen LogP contribution in [0.4, 0.5) is 0 Å². The summed E-state index contributed by atoms with van der Waals surface area (Å²) in [7, 11) is 0. The lowest BCUT2D eigenvalue weighted by Crippen LogP contribution is -2.26. The van der Waals surface area contributed by atoms with E-state index in [1.54, 1.807) is 6.20 Å². The van der Waals surface area contributed by atoms with Crippen molar-refractivity contribution in [2.75, 3.05) is 12.8 Å². The number of nitrogens with one attached hydrogen (secondary N) is 1. The number of rotatable bonds is 6. The smallest absolute Gasteiger partial charge is 0.220 e. The number of aromatic nitrogens is 2. The third-order valence-corrected chi connectivity index (χ3v) is 5.93. The minimum atomic E-state index is -0.0591. The number of nitrogens with zero attached hydrogens (tertiary/aromatic N) is 2. The van der Waals surface area contributed by atoms with Crippen LogP contribution in [0, 0.1) is 5.92 Å². The summed E-state index contributed by atoms with van der Waals surface area (Å²) < 4.78 is 0. The van der Waals surface area contributed by atoms with Gasteiger partial charge >= 0.3 is 0 Å². The van der Waals surface area contributed by atoms with Gasteiger partial charge in [-0.1, -0.05) is 32.0 Å². The highest BCUT2D eigenvalue weighted by atomic mass is 32.2. The Labute approximate surface area is 174 Å². The second-order valence-electron chi connectivity index (χ2n) is 7.60. The number of ketones is 1. The molecule has 0 bridgehead atoms. The van der Waals surface area contributed by atoms with Crippen LogP contribution in [0.15, 0.2) is 41.4 Å². The van der Waals surface area contributed by atoms with Crippen LogP contribution in [0.5, 0.6) is 0 Å². The van der Waals surface area contributed by atoms with Gasteiger partial charge in [-0.25, -0.2) is 4.98 Å². The Kier molecular flexibility index (Phi) is 5.37. The van der Waals surface area contributed by atoms with Gasteiger partial charge in [-0.15, -0.1) is 11.8 Å². The molecule has 2 aromatic heterocycles. The Bertz CT molecular complexity index is 1170. The second kappa shape index (κ2) is 7.95. The van der Waals surface area contributed by atoms with E-state index < -0.39 is 0 Å². The van der Waals surface area contributed by atoms with Gasteiger partial charge in [0.05, 0.1) is 16.1 Å². The number of hydrogen-bond donors (Lipinski definition) is 1. The van der Waals surface area contributed by atoms with Crippen molar-refractivity contribution in [3.63, 3.8) is 0 Å². The summed E-state index contributed by atoms with van der Waals surface area (Å²) in [5.74, 6) is 0.287. The molecule has 2 heterocycles. The van der Waals surface area contributed by atoms with E-state index >= 15 is 0 Å². The number of thioether (sulfide) groups is 1. The Morgan fingerprint density at radius 1 is 1.14 bits per heavy atom. The molecule has 0 aliphatic heterocycles. The number of fused-ring (bicyclic) bond motifs is 2. The highest BCUT2D eigenvalue weighted by molar-refractivity contribution is 8.03. The van der Waals surface area contributed by atoms with Crippen LogP contribution >= 0.6 is 11.8 Å². The summed E-state index contributed by atoms with van der Waals surface area (Å²) in [5.41, 5.74) is 3.06. The van der Waals surface area contributed by atoms with Crippen LogP contribution in [0.2, 0.25) is 0 Å². The number of pyridine rings is 2. The summed E-state index contributed by atoms with van der Waals surface area (Å²) >= 11 is 1.42. The number of carbonyl (C=O) groups excluding carboxylic acids is 2. The molecule has 3 aromatic rings. The molecule has 0 spiro atoms. The SMILES string of the molecule is CSC1=C(CCNC(=O)CC(C)C)c2nc3ccccc3c3ccnc(c23)C1=O. The van der Waals surface area contributed by atoms with E-state index in [-0.39, 0.29) is 11.7 Å². The summed E-state index contributed by atoms with van der Waals surface area (Å²) in [4.78, 5) is 35.2. The molecule has 1 amide bonds. The Morgan fingerprint density at radius 3 is 2.69 bits per heavy atom. The molecule has 148 valence electrons. The van der Waals surface area contributed by atoms with Gasteiger partial charge in [0, 0.05) is 29.9 Å². The molecule has 1 aliphatic rings. The van der Waals surface area contributed by atoms with Gasteiger partial charge in [0.1, 0.15) is 5.69 Å². The van der Waals surface area contributed by atoms with Crippen LogP contribution in [-0.2, 0) is 4.79 Å². The Morgan fingerprint density at radius 2 is 1.93 bits per heavy atom. The predicted octanol–water partition coefficient (Wildman–Crippen LogP) is 4.61. The van der Waals surface area contributed by atoms with Gasteiger partial charge in [-0.05, 0) is 41.7 Å². The van der Waals surface area contributed by atoms with Crippen molar-refractivity contribution in [1.82, 2.24) is 15.3 Å². The van der Waals surface area contributed by atoms with Crippen molar-refractivity contribution in [3.05, 3.63) is 52.8 Å². The van der Waals surface area contributed by atoms with Crippen molar-refractivity contribution in [2.24, 2.45) is 5.92 Å². The van der Waals surface area contributed by atoms with Gasteiger partial charge in [-0.3, -0.25) is 14.6 Å². The topological polar surface area (TPSA) is 72.0 Å². The quantitative estimate of drug-likeness (QED) is 0.607. The van der Waals surface area contributed by atoms with E-state index in [0.29, 0.717) is 35.9 Å². The van der Waals surface area contributed by atoms with Crippen molar-refractivity contribution in [1.29, 1.82) is 0 Å². The van der Waals surface area contributed by atoms with Crippen LogP contribution < -0.4 is 5.32 Å². The highest BCUT2D eigenvalue weighted by Crippen LogP contribution is 2.41. The van der Waals surface area contributed by atoms with E-state index in [4.69, 9.17) is 4.98 Å². The molecule has 0 atom stereocenters. The lowest BCUT2D eigenvalue weighted by atomic mass is 9.91. The van der Waals surface area contributed by atoms with Gasteiger partial charge in [0.15, 0.2) is 0 Å². The molecule has 5 nitrogen and oxygen atoms in total. The Hall–Kier alpha value is -2.73. The molecule has 0 unspecified atom stereocenters. The monoisotopic (exact) mass is 405 g/mol. The van der Waals surface area contributed by atoms with Gasteiger partial charge in [-0.2, -0.15) is 0 Å². The second-order valence-corrected chi connectivity index (χ2v) is 8.42. The zero-order valence-electron chi connectivity index (χ0n) is 16.8. The number of Topliss-reactive ketones (excluding diaryl/α,β-unsaturated/α-hetero) is 1. The summed E-state index contributed by atoms with van der Waals surface area (Å²) in [6.07, 6.45) is 4.65. The minimum absolute atomic E-state index is 0.0344. The molecule has 0 radical (unpaired) electrons. The molecule has 1 aliphatic carbocycles. The minimum Gasteiger partial charge on any atom is -0.356 e. The number of benzene rings is 1. The van der Waals surface area contributed by atoms with E-state index in [1.165, 1.54) is 11.8 Å². The first kappa shape index (κ1) is 19.6. The summed E-state index contributed by atoms with van der Waals surface area (Å²) in [6.45, 7) is 4.52. The highest BCUT2D eigenvalue weighted by Gasteiger charge is 2.30. The normalized spacial score (nSPS) is 13.6. The Balaban J connectivity index is 1.81. The van der Waals surface area contributed by atoms with Crippen molar-refractivity contribution >= 4 is 50.7 Å². The van der Waals surface area contributed by atoms with Gasteiger partial charge in [0.25, 0.3) is 0 Å². The first-order chi connectivity index (χ1) is 14.0. The van der Waals surface area contributed by atoms with Gasteiger partial charge < -0.3 is 5.32 Å². The molecule has 0 fully saturated rings. The number of hydrogen-bond acceptors (Lipinski definition) is 5. The van der Waals surface area contributed by atoms with E-state index in [1.807, 2.05) is 50.4 Å². The molecular weight excluding hydrogens is 382 g/mol. The maximum atomic E-state index is 13.2. The third-order valence-electron chi connectivity index (χ3n) is 5.09. The largest absolute Gasteiger partial charge is 0.356 e. The van der Waals surface area contributed by atoms with Crippen molar-refractivity contribution < 1.29 is 9.59 Å². The van der Waals surface area contributed by atoms with E-state index in [9.17, 15) is 9.59 Å². The number of allylic oxidation sites excluding steroid dienone is 1. The fourth-order valence-electron chi connectivity index (χ4n) is 3.86. The van der Waals surface area contributed by atoms with Crippen molar-refractivity contribution in [3.8, 4) is 0 Å². The fourth-order valence-corrected chi connectivity index (χ4v) is 4.59. The summed E-state index contributed by atoms with van der Waals surface area (Å²) in [5, 5.41) is 5.80. The van der Waals surface area contributed by atoms with Crippen LogP contribution in [0.25, 0.3) is 27.2 Å². The zero-order valence-corrected chi connectivity index (χ0v) is 17.6. The lowest BCUT2D eigenvalue weighted by molar-refractivity contribution is -0.121. The standard InChI is InChI=1S/C23H23N3O2S/c1-13(2)12-18(27)24-10-9-16-20-19-15(14-6-4-5-7-17(14)26-20)8-11-25-21(19)22(28)23(16)29-3/h4-8,11,13H,9-10,12H2,1-3H3,(H,24,27). The van der Waals surface area contributed by atoms with E-state index in [2.05, 4.69) is 10.3 Å². The van der Waals surface area contributed by atoms with E-state index in [0.717, 1.165) is 32.9 Å². The van der Waals surface area contributed by atoms with Crippen LogP contribution in [0.3, 0.4) is 0 Å². The summed E-state index contributed by atoms with van der Waals surface area (Å²) in [6, 6.07) is 9.91. The third kappa shape index (κ3) is 3.53.